The van der Waals surface area contributed by atoms with Crippen LogP contribution in [0.25, 0.3) is 22.2 Å². The molecule has 1 heterocycles. The molecule has 19 heavy (non-hydrogen) atoms. The Kier molecular flexibility index (Phi) is 2.84. The fraction of sp³-hybridized carbons (Fsp3) is 0. The molecule has 1 N–H and O–H groups in total. The summed E-state index contributed by atoms with van der Waals surface area (Å²) in [6, 6.07) is 7.59. The molecule has 96 valence electrons. The lowest BCUT2D eigenvalue weighted by atomic mass is 10.1. The fourth-order valence-electron chi connectivity index (χ4n) is 1.84. The summed E-state index contributed by atoms with van der Waals surface area (Å²) in [7, 11) is 0. The second-order valence-electron chi connectivity index (χ2n) is 3.91. The number of nitrogens with zero attached hydrogens (tertiary/aromatic N) is 1. The summed E-state index contributed by atoms with van der Waals surface area (Å²) in [5.41, 5.74) is 0.734. The molecule has 0 saturated heterocycles. The van der Waals surface area contributed by atoms with E-state index in [1.165, 1.54) is 12.1 Å². The summed E-state index contributed by atoms with van der Waals surface area (Å²) < 4.78 is 18.8. The summed E-state index contributed by atoms with van der Waals surface area (Å²) in [6.07, 6.45) is 0. The van der Waals surface area contributed by atoms with Crippen LogP contribution in [-0.4, -0.2) is 10.3 Å². The van der Waals surface area contributed by atoms with Gasteiger partial charge in [0.2, 0.25) is 0 Å². The maximum atomic E-state index is 13.8. The highest BCUT2D eigenvalue weighted by atomic mass is 35.5. The van der Waals surface area contributed by atoms with Gasteiger partial charge >= 0.3 is 0 Å². The van der Waals surface area contributed by atoms with Crippen molar-refractivity contribution < 1.29 is 14.0 Å². The molecule has 0 spiro atoms. The van der Waals surface area contributed by atoms with E-state index < -0.39 is 5.82 Å². The Morgan fingerprint density at radius 3 is 2.68 bits per heavy atom. The van der Waals surface area contributed by atoms with Gasteiger partial charge in [-0.2, -0.15) is 0 Å². The van der Waals surface area contributed by atoms with Crippen molar-refractivity contribution in [3.8, 4) is 17.0 Å². The zero-order valence-corrected chi connectivity index (χ0v) is 10.8. The van der Waals surface area contributed by atoms with Crippen LogP contribution in [0, 0.1) is 5.82 Å². The maximum Gasteiger partial charge on any atom is 0.189 e. The SMILES string of the molecule is Oc1c(Cl)cc2c(-c3ccccc3F)noc2c1Cl. The molecule has 0 radical (unpaired) electrons. The maximum absolute atomic E-state index is 13.8. The minimum atomic E-state index is -0.432. The van der Waals surface area contributed by atoms with E-state index in [4.69, 9.17) is 27.7 Å². The van der Waals surface area contributed by atoms with Gasteiger partial charge in [0, 0.05) is 5.56 Å². The molecule has 0 aliphatic heterocycles. The van der Waals surface area contributed by atoms with Crippen molar-refractivity contribution in [2.24, 2.45) is 0 Å². The molecule has 0 unspecified atom stereocenters. The van der Waals surface area contributed by atoms with Crippen molar-refractivity contribution in [1.29, 1.82) is 0 Å². The number of phenols is 1. The molecule has 0 saturated carbocycles. The van der Waals surface area contributed by atoms with E-state index in [0.29, 0.717) is 5.39 Å². The molecule has 3 aromatic rings. The van der Waals surface area contributed by atoms with E-state index >= 15 is 0 Å². The van der Waals surface area contributed by atoms with E-state index in [0.717, 1.165) is 0 Å². The highest BCUT2D eigenvalue weighted by Crippen LogP contribution is 2.41. The van der Waals surface area contributed by atoms with Crippen molar-refractivity contribution in [2.45, 2.75) is 0 Å². The fourth-order valence-corrected chi connectivity index (χ4v) is 2.33. The van der Waals surface area contributed by atoms with Gasteiger partial charge in [-0.25, -0.2) is 4.39 Å². The first-order valence-corrected chi connectivity index (χ1v) is 6.06. The van der Waals surface area contributed by atoms with Crippen LogP contribution >= 0.6 is 23.2 Å². The van der Waals surface area contributed by atoms with Gasteiger partial charge in [0.25, 0.3) is 0 Å². The van der Waals surface area contributed by atoms with Crippen LogP contribution in [0.3, 0.4) is 0 Å². The Labute approximate surface area is 117 Å². The molecule has 0 fully saturated rings. The number of fused-ring (bicyclic) bond motifs is 1. The van der Waals surface area contributed by atoms with Gasteiger partial charge in [0.1, 0.15) is 16.5 Å². The van der Waals surface area contributed by atoms with E-state index in [-0.39, 0.29) is 32.6 Å². The molecule has 2 aromatic carbocycles. The number of halogens is 3. The number of hydrogen-bond donors (Lipinski definition) is 1. The van der Waals surface area contributed by atoms with Crippen molar-refractivity contribution in [2.75, 3.05) is 0 Å². The third-order valence-electron chi connectivity index (χ3n) is 2.76. The van der Waals surface area contributed by atoms with Crippen LogP contribution in [0.15, 0.2) is 34.9 Å². The lowest BCUT2D eigenvalue weighted by molar-refractivity contribution is 0.451. The second-order valence-corrected chi connectivity index (χ2v) is 4.69. The van der Waals surface area contributed by atoms with Crippen LogP contribution in [0.5, 0.6) is 5.75 Å². The van der Waals surface area contributed by atoms with Crippen LogP contribution < -0.4 is 0 Å². The minimum Gasteiger partial charge on any atom is -0.505 e. The second kappa shape index (κ2) is 4.40. The Morgan fingerprint density at radius 2 is 1.95 bits per heavy atom. The smallest absolute Gasteiger partial charge is 0.189 e. The number of aromatic nitrogens is 1. The molecule has 0 bridgehead atoms. The van der Waals surface area contributed by atoms with Gasteiger partial charge < -0.3 is 9.63 Å². The highest BCUT2D eigenvalue weighted by Gasteiger charge is 2.19. The van der Waals surface area contributed by atoms with Gasteiger partial charge in [-0.05, 0) is 18.2 Å². The average Bonchev–Trinajstić information content (AvgIpc) is 2.80. The van der Waals surface area contributed by atoms with E-state index in [1.54, 1.807) is 18.2 Å². The summed E-state index contributed by atoms with van der Waals surface area (Å²) >= 11 is 11.8. The standard InChI is InChI=1S/C13H6Cl2FNO2/c14-8-5-7-11(6-3-1-2-4-9(6)16)17-19-13(7)10(15)12(8)18/h1-5,18H. The molecular formula is C13H6Cl2FNO2. The first kappa shape index (κ1) is 12.3. The predicted molar refractivity (Wildman–Crippen MR) is 71.1 cm³/mol. The van der Waals surface area contributed by atoms with E-state index in [1.807, 2.05) is 0 Å². The molecule has 3 rings (SSSR count). The zero-order chi connectivity index (χ0) is 13.6. The van der Waals surface area contributed by atoms with Crippen molar-refractivity contribution in [3.05, 3.63) is 46.2 Å². The number of rotatable bonds is 1. The molecular weight excluding hydrogens is 292 g/mol. The largest absolute Gasteiger partial charge is 0.505 e. The highest BCUT2D eigenvalue weighted by molar-refractivity contribution is 6.40. The molecule has 0 aliphatic rings. The van der Waals surface area contributed by atoms with Gasteiger partial charge in [-0.15, -0.1) is 0 Å². The third-order valence-corrected chi connectivity index (χ3v) is 3.40. The van der Waals surface area contributed by atoms with Gasteiger partial charge in [0.15, 0.2) is 11.3 Å². The lowest BCUT2D eigenvalue weighted by Crippen LogP contribution is -1.84. The number of hydrogen-bond acceptors (Lipinski definition) is 3. The zero-order valence-electron chi connectivity index (χ0n) is 9.32. The summed E-state index contributed by atoms with van der Waals surface area (Å²) in [4.78, 5) is 0. The average molecular weight is 298 g/mol. The molecule has 0 aliphatic carbocycles. The number of phenolic OH excluding ortho intramolecular Hbond substituents is 1. The van der Waals surface area contributed by atoms with Gasteiger partial charge in [-0.3, -0.25) is 0 Å². The van der Waals surface area contributed by atoms with Crippen molar-refractivity contribution in [1.82, 2.24) is 5.16 Å². The normalized spacial score (nSPS) is 11.1. The summed E-state index contributed by atoms with van der Waals surface area (Å²) in [5, 5.41) is 13.9. The lowest BCUT2D eigenvalue weighted by Gasteiger charge is -2.01. The Bertz CT molecular complexity index is 786. The molecule has 6 heteroatoms. The number of benzene rings is 2. The Balaban J connectivity index is 2.36. The quantitative estimate of drug-likeness (QED) is 0.711. The number of aromatic hydroxyl groups is 1. The van der Waals surface area contributed by atoms with Crippen LogP contribution in [0.1, 0.15) is 0 Å². The molecule has 0 atom stereocenters. The van der Waals surface area contributed by atoms with E-state index in [9.17, 15) is 9.50 Å². The topological polar surface area (TPSA) is 46.3 Å². The van der Waals surface area contributed by atoms with Gasteiger partial charge in [0.05, 0.1) is 10.4 Å². The first-order chi connectivity index (χ1) is 9.09. The third kappa shape index (κ3) is 1.84. The Hall–Kier alpha value is -1.78. The van der Waals surface area contributed by atoms with Crippen LogP contribution in [0.4, 0.5) is 4.39 Å². The van der Waals surface area contributed by atoms with Gasteiger partial charge in [-0.1, -0.05) is 40.5 Å². The van der Waals surface area contributed by atoms with E-state index in [2.05, 4.69) is 5.16 Å². The molecule has 0 amide bonds. The minimum absolute atomic E-state index is 0.0439. The summed E-state index contributed by atoms with van der Waals surface area (Å²) in [5.74, 6) is -0.718. The first-order valence-electron chi connectivity index (χ1n) is 5.31. The monoisotopic (exact) mass is 297 g/mol. The summed E-state index contributed by atoms with van der Waals surface area (Å²) in [6.45, 7) is 0. The predicted octanol–water partition coefficient (Wildman–Crippen LogP) is 4.65. The van der Waals surface area contributed by atoms with Crippen LogP contribution in [0.2, 0.25) is 10.0 Å². The van der Waals surface area contributed by atoms with Crippen molar-refractivity contribution in [3.63, 3.8) is 0 Å². The molecule has 3 nitrogen and oxygen atoms in total. The Morgan fingerprint density at radius 1 is 1.21 bits per heavy atom. The molecule has 1 aromatic heterocycles. The van der Waals surface area contributed by atoms with Crippen LogP contribution in [-0.2, 0) is 0 Å². The van der Waals surface area contributed by atoms with Crippen molar-refractivity contribution >= 4 is 34.2 Å².